The van der Waals surface area contributed by atoms with Crippen LogP contribution < -0.4 is 0 Å². The Hall–Kier alpha value is -0.510. The average Bonchev–Trinajstić information content (AvgIpc) is 3.10. The van der Waals surface area contributed by atoms with E-state index in [1.165, 1.54) is 95.6 Å². The second-order valence-corrected chi connectivity index (χ2v) is 9.95. The van der Waals surface area contributed by atoms with Crippen molar-refractivity contribution < 1.29 is 0 Å². The van der Waals surface area contributed by atoms with Crippen molar-refractivity contribution in [3.63, 3.8) is 0 Å². The van der Waals surface area contributed by atoms with E-state index in [-0.39, 0.29) is 5.54 Å². The molecule has 0 N–H and O–H groups in total. The molecule has 0 aromatic carbocycles. The first-order valence-corrected chi connectivity index (χ1v) is 13.1. The van der Waals surface area contributed by atoms with E-state index in [0.29, 0.717) is 0 Å². The van der Waals surface area contributed by atoms with Gasteiger partial charge in [-0.05, 0) is 26.7 Å². The van der Waals surface area contributed by atoms with E-state index >= 15 is 0 Å². The van der Waals surface area contributed by atoms with Crippen LogP contribution in [0.25, 0.3) is 0 Å². The molecule has 0 aliphatic heterocycles. The summed E-state index contributed by atoms with van der Waals surface area (Å²) >= 11 is 1.92. The Morgan fingerprint density at radius 2 is 1.25 bits per heavy atom. The Morgan fingerprint density at radius 1 is 0.714 bits per heavy atom. The molecule has 1 heterocycles. The van der Waals surface area contributed by atoms with E-state index in [1.54, 1.807) is 0 Å². The Bertz CT molecular complexity index is 496. The zero-order valence-corrected chi connectivity index (χ0v) is 20.4. The fourth-order valence-electron chi connectivity index (χ4n) is 3.90. The third-order valence-corrected chi connectivity index (χ3v) is 6.76. The van der Waals surface area contributed by atoms with Gasteiger partial charge in [0.15, 0.2) is 5.16 Å². The van der Waals surface area contributed by atoms with Crippen LogP contribution in [-0.4, -0.2) is 20.5 Å². The van der Waals surface area contributed by atoms with E-state index < -0.39 is 0 Å². The fraction of sp³-hybridized carbons (Fsp3) is 0.917. The molecule has 0 saturated carbocycles. The van der Waals surface area contributed by atoms with Crippen molar-refractivity contribution in [2.75, 3.05) is 5.75 Å². The number of aryl methyl sites for hydroxylation is 1. The standard InChI is InChI=1S/C24H47N3S/c1-6-9-11-12-13-14-15-16-17-19-21-28-23-26-25-22(8-3)27(23)24(4,5)20-18-10-7-2/h6-21H2,1-5H3. The van der Waals surface area contributed by atoms with Gasteiger partial charge in [-0.15, -0.1) is 10.2 Å². The molecule has 0 fully saturated rings. The lowest BCUT2D eigenvalue weighted by atomic mass is 9.96. The largest absolute Gasteiger partial charge is 0.300 e. The van der Waals surface area contributed by atoms with Crippen molar-refractivity contribution in [2.45, 2.75) is 142 Å². The Labute approximate surface area is 179 Å². The minimum atomic E-state index is 0.115. The molecule has 28 heavy (non-hydrogen) atoms. The first-order chi connectivity index (χ1) is 13.6. The second-order valence-electron chi connectivity index (χ2n) is 8.89. The van der Waals surface area contributed by atoms with Crippen LogP contribution in [0.15, 0.2) is 5.16 Å². The summed E-state index contributed by atoms with van der Waals surface area (Å²) in [6.45, 7) is 11.5. The molecule has 0 atom stereocenters. The zero-order chi connectivity index (χ0) is 20.7. The molecule has 1 aromatic rings. The van der Waals surface area contributed by atoms with Gasteiger partial charge in [0.2, 0.25) is 0 Å². The topological polar surface area (TPSA) is 30.7 Å². The summed E-state index contributed by atoms with van der Waals surface area (Å²) < 4.78 is 2.43. The molecule has 0 spiro atoms. The van der Waals surface area contributed by atoms with Crippen LogP contribution >= 0.6 is 11.8 Å². The number of aromatic nitrogens is 3. The maximum absolute atomic E-state index is 4.54. The van der Waals surface area contributed by atoms with Crippen LogP contribution in [0.2, 0.25) is 0 Å². The summed E-state index contributed by atoms with van der Waals surface area (Å²) in [4.78, 5) is 0. The molecule has 1 aromatic heterocycles. The van der Waals surface area contributed by atoms with Gasteiger partial charge in [-0.1, -0.05) is 110 Å². The first-order valence-electron chi connectivity index (χ1n) is 12.1. The summed E-state index contributed by atoms with van der Waals surface area (Å²) in [7, 11) is 0. The summed E-state index contributed by atoms with van der Waals surface area (Å²) in [6.07, 6.45) is 20.0. The van der Waals surface area contributed by atoms with Gasteiger partial charge in [0.05, 0.1) is 0 Å². The number of nitrogens with zero attached hydrogens (tertiary/aromatic N) is 3. The van der Waals surface area contributed by atoms with Gasteiger partial charge in [0.25, 0.3) is 0 Å². The quantitative estimate of drug-likeness (QED) is 0.181. The SMILES string of the molecule is CCCCCCCCCCCCSc1nnc(CC)n1C(C)(C)CCCCC. The van der Waals surface area contributed by atoms with E-state index in [0.717, 1.165) is 17.4 Å². The number of hydrogen-bond acceptors (Lipinski definition) is 3. The molecule has 3 nitrogen and oxygen atoms in total. The molecule has 0 unspecified atom stereocenters. The molecular weight excluding hydrogens is 362 g/mol. The first kappa shape index (κ1) is 25.5. The molecule has 0 aliphatic carbocycles. The van der Waals surface area contributed by atoms with Crippen molar-refractivity contribution in [3.8, 4) is 0 Å². The van der Waals surface area contributed by atoms with Crippen LogP contribution in [0.1, 0.15) is 130 Å². The summed E-state index contributed by atoms with van der Waals surface area (Å²) in [5, 5.41) is 10.2. The number of rotatable bonds is 18. The van der Waals surface area contributed by atoms with Gasteiger partial charge >= 0.3 is 0 Å². The Kier molecular flexibility index (Phi) is 14.0. The van der Waals surface area contributed by atoms with Crippen molar-refractivity contribution in [3.05, 3.63) is 5.82 Å². The van der Waals surface area contributed by atoms with E-state index in [4.69, 9.17) is 0 Å². The zero-order valence-electron chi connectivity index (χ0n) is 19.6. The van der Waals surface area contributed by atoms with Crippen molar-refractivity contribution in [1.82, 2.24) is 14.8 Å². The normalized spacial score (nSPS) is 12.0. The van der Waals surface area contributed by atoms with Gasteiger partial charge < -0.3 is 4.57 Å². The maximum Gasteiger partial charge on any atom is 0.191 e. The molecule has 1 rings (SSSR count). The van der Waals surface area contributed by atoms with Gasteiger partial charge in [0, 0.05) is 17.7 Å². The van der Waals surface area contributed by atoms with Crippen LogP contribution in [-0.2, 0) is 12.0 Å². The highest BCUT2D eigenvalue weighted by molar-refractivity contribution is 7.99. The van der Waals surface area contributed by atoms with Crippen LogP contribution in [0, 0.1) is 0 Å². The lowest BCUT2D eigenvalue weighted by Crippen LogP contribution is -2.29. The lowest BCUT2D eigenvalue weighted by Gasteiger charge is -2.29. The number of thioether (sulfide) groups is 1. The van der Waals surface area contributed by atoms with Crippen molar-refractivity contribution in [2.24, 2.45) is 0 Å². The third kappa shape index (κ3) is 9.80. The van der Waals surface area contributed by atoms with Crippen LogP contribution in [0.3, 0.4) is 0 Å². The minimum absolute atomic E-state index is 0.115. The lowest BCUT2D eigenvalue weighted by molar-refractivity contribution is 0.286. The molecular formula is C24H47N3S. The van der Waals surface area contributed by atoms with Gasteiger partial charge in [-0.25, -0.2) is 0 Å². The van der Waals surface area contributed by atoms with Gasteiger partial charge in [0.1, 0.15) is 5.82 Å². The van der Waals surface area contributed by atoms with Crippen LogP contribution in [0.5, 0.6) is 0 Å². The molecule has 0 bridgehead atoms. The summed E-state index contributed by atoms with van der Waals surface area (Å²) in [5.74, 6) is 2.32. The average molecular weight is 410 g/mol. The Morgan fingerprint density at radius 3 is 1.82 bits per heavy atom. The van der Waals surface area contributed by atoms with Crippen molar-refractivity contribution in [1.29, 1.82) is 0 Å². The van der Waals surface area contributed by atoms with E-state index in [2.05, 4.69) is 49.4 Å². The molecule has 0 aliphatic rings. The molecule has 164 valence electrons. The number of hydrogen-bond donors (Lipinski definition) is 0. The monoisotopic (exact) mass is 409 g/mol. The van der Waals surface area contributed by atoms with E-state index in [1.807, 2.05) is 11.8 Å². The molecule has 0 amide bonds. The predicted octanol–water partition coefficient (Wildman–Crippen LogP) is 8.17. The minimum Gasteiger partial charge on any atom is -0.300 e. The van der Waals surface area contributed by atoms with Crippen LogP contribution in [0.4, 0.5) is 0 Å². The highest BCUT2D eigenvalue weighted by Crippen LogP contribution is 2.30. The smallest absolute Gasteiger partial charge is 0.191 e. The van der Waals surface area contributed by atoms with Gasteiger partial charge in [-0.3, -0.25) is 0 Å². The Balaban J connectivity index is 2.32. The highest BCUT2D eigenvalue weighted by Gasteiger charge is 2.26. The van der Waals surface area contributed by atoms with Gasteiger partial charge in [-0.2, -0.15) is 0 Å². The maximum atomic E-state index is 4.54. The third-order valence-electron chi connectivity index (χ3n) is 5.74. The van der Waals surface area contributed by atoms with Crippen molar-refractivity contribution >= 4 is 11.8 Å². The molecule has 0 saturated heterocycles. The summed E-state index contributed by atoms with van der Waals surface area (Å²) in [6, 6.07) is 0. The second kappa shape index (κ2) is 15.3. The fourth-order valence-corrected chi connectivity index (χ4v) is 5.01. The van der Waals surface area contributed by atoms with E-state index in [9.17, 15) is 0 Å². The predicted molar refractivity (Wildman–Crippen MR) is 125 cm³/mol. The number of unbranched alkanes of at least 4 members (excludes halogenated alkanes) is 11. The highest BCUT2D eigenvalue weighted by atomic mass is 32.2. The summed E-state index contributed by atoms with van der Waals surface area (Å²) in [5.41, 5.74) is 0.115. The molecule has 4 heteroatoms. The molecule has 0 radical (unpaired) electrons.